The monoisotopic (exact) mass is 215 g/mol. The lowest BCUT2D eigenvalue weighted by atomic mass is 10.4. The van der Waals surface area contributed by atoms with Gasteiger partial charge in [-0.3, -0.25) is 0 Å². The van der Waals surface area contributed by atoms with Gasteiger partial charge in [0.2, 0.25) is 0 Å². The van der Waals surface area contributed by atoms with E-state index in [1.807, 2.05) is 0 Å². The van der Waals surface area contributed by atoms with E-state index in [1.54, 1.807) is 0 Å². The highest BCUT2D eigenvalue weighted by Crippen LogP contribution is 2.13. The van der Waals surface area contributed by atoms with Crippen LogP contribution in [0.1, 0.15) is 5.69 Å². The Hall–Kier alpha value is -2.57. The molecule has 0 saturated carbocycles. The van der Waals surface area contributed by atoms with Crippen LogP contribution >= 0.6 is 0 Å². The van der Waals surface area contributed by atoms with Crippen LogP contribution in [-0.2, 0) is 0 Å². The van der Waals surface area contributed by atoms with Gasteiger partial charge in [0.15, 0.2) is 17.5 Å². The number of rotatable bonds is 2. The molecule has 2 aromatic heterocycles. The van der Waals surface area contributed by atoms with Crippen molar-refractivity contribution in [3.05, 3.63) is 30.5 Å². The maximum Gasteiger partial charge on any atom is 0.195 e. The molecule has 2 heterocycles. The lowest BCUT2D eigenvalue weighted by Crippen LogP contribution is -1.99. The summed E-state index contributed by atoms with van der Waals surface area (Å²) in [6.07, 6.45) is 7.47. The highest BCUT2D eigenvalue weighted by molar-refractivity contribution is 5.85. The van der Waals surface area contributed by atoms with Gasteiger partial charge in [-0.15, -0.1) is 0 Å². The smallest absolute Gasteiger partial charge is 0.195 e. The number of hydrogen-bond donors (Lipinski definition) is 2. The third-order valence-electron chi connectivity index (χ3n) is 1.77. The Morgan fingerprint density at radius 2 is 1.50 bits per heavy atom. The first kappa shape index (κ1) is 9.97. The Bertz CT molecular complexity index is 475. The van der Waals surface area contributed by atoms with Crippen molar-refractivity contribution in [2.24, 2.45) is 4.99 Å². The van der Waals surface area contributed by atoms with Gasteiger partial charge in [0.25, 0.3) is 0 Å². The van der Waals surface area contributed by atoms with Crippen molar-refractivity contribution in [1.29, 1.82) is 0 Å². The summed E-state index contributed by atoms with van der Waals surface area (Å²) in [7, 11) is 0. The zero-order chi connectivity index (χ0) is 11.4. The second-order valence-electron chi connectivity index (χ2n) is 2.85. The molecule has 2 aromatic rings. The second-order valence-corrected chi connectivity index (χ2v) is 2.85. The summed E-state index contributed by atoms with van der Waals surface area (Å²) < 4.78 is 0. The highest BCUT2D eigenvalue weighted by atomic mass is 15.0. The van der Waals surface area contributed by atoms with Gasteiger partial charge in [0, 0.05) is 24.8 Å². The van der Waals surface area contributed by atoms with Crippen LogP contribution in [0.2, 0.25) is 0 Å². The van der Waals surface area contributed by atoms with E-state index in [9.17, 15) is 0 Å². The molecule has 80 valence electrons. The molecule has 0 aliphatic rings. The standard InChI is InChI=1S/C9H9N7/c10-7-6(12-1-2-13-7)5-16-9-8(11)14-3-4-15-9/h1-5H,(H2,10,13)(H2,11,14). The van der Waals surface area contributed by atoms with E-state index in [-0.39, 0.29) is 5.82 Å². The van der Waals surface area contributed by atoms with Gasteiger partial charge in [0.1, 0.15) is 5.69 Å². The molecule has 0 fully saturated rings. The minimum Gasteiger partial charge on any atom is -0.382 e. The van der Waals surface area contributed by atoms with Crippen molar-refractivity contribution in [3.8, 4) is 0 Å². The van der Waals surface area contributed by atoms with Crippen LogP contribution in [0.5, 0.6) is 0 Å². The third-order valence-corrected chi connectivity index (χ3v) is 1.77. The van der Waals surface area contributed by atoms with Crippen molar-refractivity contribution in [2.75, 3.05) is 11.5 Å². The van der Waals surface area contributed by atoms with E-state index < -0.39 is 0 Å². The molecule has 0 bridgehead atoms. The number of nitrogens with zero attached hydrogens (tertiary/aromatic N) is 5. The van der Waals surface area contributed by atoms with Gasteiger partial charge < -0.3 is 11.5 Å². The number of nitrogens with two attached hydrogens (primary N) is 2. The molecule has 0 aliphatic carbocycles. The molecular formula is C9H9N7. The fraction of sp³-hybridized carbons (Fsp3) is 0. The molecule has 0 spiro atoms. The Morgan fingerprint density at radius 3 is 2.19 bits per heavy atom. The van der Waals surface area contributed by atoms with E-state index in [1.165, 1.54) is 31.0 Å². The maximum absolute atomic E-state index is 5.59. The lowest BCUT2D eigenvalue weighted by Gasteiger charge is -1.97. The molecule has 7 heteroatoms. The number of anilines is 2. The molecule has 0 saturated heterocycles. The first-order chi connectivity index (χ1) is 7.77. The summed E-state index contributed by atoms with van der Waals surface area (Å²) in [5.74, 6) is 0.877. The average Bonchev–Trinajstić information content (AvgIpc) is 2.30. The van der Waals surface area contributed by atoms with E-state index in [0.29, 0.717) is 17.3 Å². The fourth-order valence-electron chi connectivity index (χ4n) is 1.02. The Morgan fingerprint density at radius 1 is 0.875 bits per heavy atom. The SMILES string of the molecule is Nc1nccnc1C=Nc1nccnc1N. The number of hydrogen-bond acceptors (Lipinski definition) is 7. The Balaban J connectivity index is 2.29. The molecule has 7 nitrogen and oxygen atoms in total. The predicted molar refractivity (Wildman–Crippen MR) is 60.1 cm³/mol. The molecule has 0 aromatic carbocycles. The average molecular weight is 215 g/mol. The number of aromatic nitrogens is 4. The molecule has 0 radical (unpaired) electrons. The normalized spacial score (nSPS) is 10.8. The summed E-state index contributed by atoms with van der Waals surface area (Å²) in [5, 5.41) is 0. The van der Waals surface area contributed by atoms with Gasteiger partial charge in [-0.05, 0) is 0 Å². The van der Waals surface area contributed by atoms with Crippen LogP contribution in [0, 0.1) is 0 Å². The molecule has 0 atom stereocenters. The van der Waals surface area contributed by atoms with Gasteiger partial charge >= 0.3 is 0 Å². The van der Waals surface area contributed by atoms with E-state index in [2.05, 4.69) is 24.9 Å². The van der Waals surface area contributed by atoms with Crippen molar-refractivity contribution < 1.29 is 0 Å². The van der Waals surface area contributed by atoms with Crippen molar-refractivity contribution in [2.45, 2.75) is 0 Å². The zero-order valence-corrected chi connectivity index (χ0v) is 8.28. The van der Waals surface area contributed by atoms with Gasteiger partial charge in [-0.2, -0.15) is 0 Å². The summed E-state index contributed by atoms with van der Waals surface area (Å²) in [6.45, 7) is 0. The Kier molecular flexibility index (Phi) is 2.68. The van der Waals surface area contributed by atoms with Gasteiger partial charge in [-0.1, -0.05) is 0 Å². The van der Waals surface area contributed by atoms with Crippen LogP contribution in [0.3, 0.4) is 0 Å². The number of aliphatic imine (C=N–C) groups is 1. The van der Waals surface area contributed by atoms with Gasteiger partial charge in [-0.25, -0.2) is 24.9 Å². The quantitative estimate of drug-likeness (QED) is 0.690. The highest BCUT2D eigenvalue weighted by Gasteiger charge is 1.99. The van der Waals surface area contributed by atoms with Crippen molar-refractivity contribution in [1.82, 2.24) is 19.9 Å². The topological polar surface area (TPSA) is 116 Å². The predicted octanol–water partition coefficient (Wildman–Crippen LogP) is 0.182. The Labute approximate surface area is 91.3 Å². The van der Waals surface area contributed by atoms with Crippen LogP contribution in [0.25, 0.3) is 0 Å². The maximum atomic E-state index is 5.59. The first-order valence-electron chi connectivity index (χ1n) is 4.44. The second kappa shape index (κ2) is 4.30. The fourth-order valence-corrected chi connectivity index (χ4v) is 1.02. The van der Waals surface area contributed by atoms with E-state index in [0.717, 1.165) is 0 Å². The minimum absolute atomic E-state index is 0.251. The lowest BCUT2D eigenvalue weighted by molar-refractivity contribution is 1.17. The molecule has 4 N–H and O–H groups in total. The summed E-state index contributed by atoms with van der Waals surface area (Å²) in [4.78, 5) is 19.7. The first-order valence-corrected chi connectivity index (χ1v) is 4.44. The number of nitrogen functional groups attached to an aromatic ring is 2. The molecule has 0 aliphatic heterocycles. The van der Waals surface area contributed by atoms with E-state index >= 15 is 0 Å². The van der Waals surface area contributed by atoms with E-state index in [4.69, 9.17) is 11.5 Å². The van der Waals surface area contributed by atoms with Crippen LogP contribution in [0.4, 0.5) is 17.5 Å². The van der Waals surface area contributed by atoms with Crippen LogP contribution in [0.15, 0.2) is 29.8 Å². The van der Waals surface area contributed by atoms with Crippen molar-refractivity contribution >= 4 is 23.7 Å². The largest absolute Gasteiger partial charge is 0.382 e. The summed E-state index contributed by atoms with van der Waals surface area (Å²) in [5.41, 5.74) is 11.6. The molecular weight excluding hydrogens is 206 g/mol. The molecule has 0 unspecified atom stereocenters. The minimum atomic E-state index is 0.251. The van der Waals surface area contributed by atoms with Crippen LogP contribution in [-0.4, -0.2) is 26.2 Å². The summed E-state index contributed by atoms with van der Waals surface area (Å²) in [6, 6.07) is 0. The third kappa shape index (κ3) is 2.08. The molecule has 16 heavy (non-hydrogen) atoms. The van der Waals surface area contributed by atoms with Crippen molar-refractivity contribution in [3.63, 3.8) is 0 Å². The molecule has 2 rings (SSSR count). The van der Waals surface area contributed by atoms with Crippen LogP contribution < -0.4 is 11.5 Å². The molecule has 0 amide bonds. The summed E-state index contributed by atoms with van der Waals surface area (Å²) >= 11 is 0. The zero-order valence-electron chi connectivity index (χ0n) is 8.28. The van der Waals surface area contributed by atoms with Gasteiger partial charge in [0.05, 0.1) is 6.21 Å².